The maximum Gasteiger partial charge on any atom is 0.411 e. The molecule has 0 saturated carbocycles. The number of amides is 1. The number of hydrogen-bond acceptors (Lipinski definition) is 4. The Kier molecular flexibility index (Phi) is 6.43. The number of benzene rings is 1. The first-order chi connectivity index (χ1) is 13.9. The van der Waals surface area contributed by atoms with Crippen LogP contribution >= 0.6 is 0 Å². The van der Waals surface area contributed by atoms with Crippen molar-refractivity contribution in [3.8, 4) is 0 Å². The molecular formula is C21H29F3N4O2. The summed E-state index contributed by atoms with van der Waals surface area (Å²) in [4.78, 5) is 14.9. The molecule has 2 aromatic rings. The highest BCUT2D eigenvalue weighted by Crippen LogP contribution is 2.27. The number of aromatic nitrogens is 2. The van der Waals surface area contributed by atoms with Crippen LogP contribution in [0.15, 0.2) is 18.3 Å². The third-order valence-corrected chi connectivity index (χ3v) is 5.40. The molecule has 0 atom stereocenters. The number of nitrogens with one attached hydrogen (secondary N) is 1. The lowest BCUT2D eigenvalue weighted by atomic mass is 9.92. The standard InChI is InChI=1S/C21H29F3N4O2/c1-14-16(19(29)25-7-8-30-13-21(22,23)24)5-6-18-17(14)12-28(26-18)11-15-9-27(10-15)20(2,3)4/h5-6,12,15H,7-11,13H2,1-4H3,(H,25,29). The van der Waals surface area contributed by atoms with Gasteiger partial charge in [-0.05, 0) is 45.4 Å². The average molecular weight is 426 g/mol. The van der Waals surface area contributed by atoms with E-state index in [0.717, 1.165) is 36.1 Å². The van der Waals surface area contributed by atoms with E-state index in [4.69, 9.17) is 0 Å². The fourth-order valence-electron chi connectivity index (χ4n) is 3.64. The average Bonchev–Trinajstić information content (AvgIpc) is 2.99. The molecule has 1 amide bonds. The van der Waals surface area contributed by atoms with Gasteiger partial charge in [-0.1, -0.05) is 0 Å². The Morgan fingerprint density at radius 1 is 1.27 bits per heavy atom. The summed E-state index contributed by atoms with van der Waals surface area (Å²) in [7, 11) is 0. The number of rotatable bonds is 7. The molecule has 1 aliphatic heterocycles. The number of halogens is 3. The van der Waals surface area contributed by atoms with Crippen LogP contribution in [-0.2, 0) is 11.3 Å². The third kappa shape index (κ3) is 5.51. The summed E-state index contributed by atoms with van der Waals surface area (Å²) < 4.78 is 42.6. The first-order valence-electron chi connectivity index (χ1n) is 10.1. The van der Waals surface area contributed by atoms with E-state index in [1.807, 2.05) is 17.8 Å². The number of ether oxygens (including phenoxy) is 1. The first-order valence-corrected chi connectivity index (χ1v) is 10.1. The van der Waals surface area contributed by atoms with Gasteiger partial charge in [-0.2, -0.15) is 18.3 Å². The second-order valence-corrected chi connectivity index (χ2v) is 8.89. The summed E-state index contributed by atoms with van der Waals surface area (Å²) in [5.41, 5.74) is 2.30. The maximum atomic E-state index is 12.4. The number of aryl methyl sites for hydroxylation is 1. The minimum Gasteiger partial charge on any atom is -0.370 e. The molecule has 1 aromatic heterocycles. The fourth-order valence-corrected chi connectivity index (χ4v) is 3.64. The molecular weight excluding hydrogens is 397 g/mol. The van der Waals surface area contributed by atoms with Crippen molar-refractivity contribution in [1.29, 1.82) is 0 Å². The minimum atomic E-state index is -4.36. The summed E-state index contributed by atoms with van der Waals surface area (Å²) in [5.74, 6) is 0.218. The lowest BCUT2D eigenvalue weighted by Crippen LogP contribution is -2.56. The van der Waals surface area contributed by atoms with Crippen molar-refractivity contribution in [2.75, 3.05) is 32.8 Å². The van der Waals surface area contributed by atoms with Crippen LogP contribution in [0.2, 0.25) is 0 Å². The summed E-state index contributed by atoms with van der Waals surface area (Å²) >= 11 is 0. The summed E-state index contributed by atoms with van der Waals surface area (Å²) in [5, 5.41) is 8.14. The molecule has 0 aliphatic carbocycles. The van der Waals surface area contributed by atoms with E-state index < -0.39 is 12.8 Å². The van der Waals surface area contributed by atoms with E-state index in [2.05, 4.69) is 40.8 Å². The predicted octanol–water partition coefficient (Wildman–Crippen LogP) is 3.38. The second-order valence-electron chi connectivity index (χ2n) is 8.89. The monoisotopic (exact) mass is 426 g/mol. The van der Waals surface area contributed by atoms with Crippen molar-refractivity contribution in [2.45, 2.75) is 46.0 Å². The number of carbonyl (C=O) groups excluding carboxylic acids is 1. The van der Waals surface area contributed by atoms with Crippen LogP contribution in [0.3, 0.4) is 0 Å². The predicted molar refractivity (Wildman–Crippen MR) is 108 cm³/mol. The third-order valence-electron chi connectivity index (χ3n) is 5.40. The van der Waals surface area contributed by atoms with Crippen molar-refractivity contribution in [3.05, 3.63) is 29.5 Å². The summed E-state index contributed by atoms with van der Waals surface area (Å²) in [6, 6.07) is 3.50. The zero-order valence-electron chi connectivity index (χ0n) is 17.8. The van der Waals surface area contributed by atoms with Crippen LogP contribution in [0.25, 0.3) is 10.9 Å². The van der Waals surface area contributed by atoms with Gasteiger partial charge in [0.25, 0.3) is 5.91 Å². The molecule has 6 nitrogen and oxygen atoms in total. The molecule has 1 N–H and O–H groups in total. The van der Waals surface area contributed by atoms with Gasteiger partial charge < -0.3 is 10.1 Å². The van der Waals surface area contributed by atoms with Crippen LogP contribution in [0.1, 0.15) is 36.7 Å². The lowest BCUT2D eigenvalue weighted by Gasteiger charge is -2.47. The smallest absolute Gasteiger partial charge is 0.370 e. The Bertz CT molecular complexity index is 896. The van der Waals surface area contributed by atoms with Gasteiger partial charge in [0.05, 0.1) is 12.1 Å². The van der Waals surface area contributed by atoms with Crippen molar-refractivity contribution < 1.29 is 22.7 Å². The Balaban J connectivity index is 1.57. The highest BCUT2D eigenvalue weighted by atomic mass is 19.4. The minimum absolute atomic E-state index is 0.0115. The molecule has 1 fully saturated rings. The molecule has 3 rings (SSSR count). The Labute approximate surface area is 174 Å². The second kappa shape index (κ2) is 8.55. The molecule has 1 aliphatic rings. The van der Waals surface area contributed by atoms with E-state index in [0.29, 0.717) is 11.5 Å². The Hall–Kier alpha value is -2.13. The van der Waals surface area contributed by atoms with Crippen molar-refractivity contribution in [1.82, 2.24) is 20.0 Å². The van der Waals surface area contributed by atoms with Crippen molar-refractivity contribution in [2.24, 2.45) is 5.92 Å². The fraction of sp³-hybridized carbons (Fsp3) is 0.619. The summed E-state index contributed by atoms with van der Waals surface area (Å²) in [6.45, 7) is 9.91. The maximum absolute atomic E-state index is 12.4. The molecule has 1 aromatic carbocycles. The van der Waals surface area contributed by atoms with Gasteiger partial charge in [0.2, 0.25) is 0 Å². The zero-order valence-corrected chi connectivity index (χ0v) is 17.8. The Morgan fingerprint density at radius 2 is 1.97 bits per heavy atom. The molecule has 166 valence electrons. The van der Waals surface area contributed by atoms with Crippen LogP contribution in [0, 0.1) is 12.8 Å². The number of carbonyl (C=O) groups is 1. The molecule has 30 heavy (non-hydrogen) atoms. The number of hydrogen-bond donors (Lipinski definition) is 1. The van der Waals surface area contributed by atoms with Gasteiger partial charge in [0.1, 0.15) is 6.61 Å². The van der Waals surface area contributed by atoms with E-state index in [9.17, 15) is 18.0 Å². The van der Waals surface area contributed by atoms with Gasteiger partial charge in [-0.15, -0.1) is 0 Å². The molecule has 0 radical (unpaired) electrons. The number of likely N-dealkylation sites (tertiary alicyclic amines) is 1. The van der Waals surface area contributed by atoms with Gasteiger partial charge in [0.15, 0.2) is 0 Å². The molecule has 1 saturated heterocycles. The lowest BCUT2D eigenvalue weighted by molar-refractivity contribution is -0.173. The topological polar surface area (TPSA) is 59.4 Å². The molecule has 0 bridgehead atoms. The van der Waals surface area contributed by atoms with Gasteiger partial charge in [0, 0.05) is 54.8 Å². The number of nitrogens with zero attached hydrogens (tertiary/aromatic N) is 3. The van der Waals surface area contributed by atoms with E-state index in [-0.39, 0.29) is 24.6 Å². The summed E-state index contributed by atoms with van der Waals surface area (Å²) in [6.07, 6.45) is -2.40. The van der Waals surface area contributed by atoms with E-state index >= 15 is 0 Å². The van der Waals surface area contributed by atoms with E-state index in [1.54, 1.807) is 12.1 Å². The molecule has 0 unspecified atom stereocenters. The number of fused-ring (bicyclic) bond motifs is 1. The zero-order chi connectivity index (χ0) is 22.1. The molecule has 2 heterocycles. The van der Waals surface area contributed by atoms with Gasteiger partial charge in [-0.3, -0.25) is 14.4 Å². The highest BCUT2D eigenvalue weighted by Gasteiger charge is 2.34. The van der Waals surface area contributed by atoms with Crippen molar-refractivity contribution >= 4 is 16.8 Å². The normalized spacial score (nSPS) is 16.1. The first kappa shape index (κ1) is 22.6. The van der Waals surface area contributed by atoms with E-state index in [1.165, 1.54) is 0 Å². The van der Waals surface area contributed by atoms with Crippen LogP contribution < -0.4 is 5.32 Å². The van der Waals surface area contributed by atoms with Crippen molar-refractivity contribution in [3.63, 3.8) is 0 Å². The quantitative estimate of drug-likeness (QED) is 0.690. The largest absolute Gasteiger partial charge is 0.411 e. The number of alkyl halides is 3. The molecule has 0 spiro atoms. The van der Waals surface area contributed by atoms with Crippen LogP contribution in [0.4, 0.5) is 13.2 Å². The van der Waals surface area contributed by atoms with Gasteiger partial charge >= 0.3 is 6.18 Å². The SMILES string of the molecule is Cc1c(C(=O)NCCOCC(F)(F)F)ccc2nn(CC3CN(C(C)(C)C)C3)cc12. The van der Waals surface area contributed by atoms with Crippen LogP contribution in [-0.4, -0.2) is 65.2 Å². The Morgan fingerprint density at radius 3 is 2.60 bits per heavy atom. The highest BCUT2D eigenvalue weighted by molar-refractivity contribution is 6.00. The van der Waals surface area contributed by atoms with Crippen LogP contribution in [0.5, 0.6) is 0 Å². The molecule has 9 heteroatoms. The van der Waals surface area contributed by atoms with Gasteiger partial charge in [-0.25, -0.2) is 0 Å².